The Morgan fingerprint density at radius 3 is 2.71 bits per heavy atom. The number of nitrogens with one attached hydrogen (secondary N) is 3. The summed E-state index contributed by atoms with van der Waals surface area (Å²) in [5, 5.41) is 5.84. The molecule has 3 N–H and O–H groups in total. The molecule has 0 aromatic carbocycles. The number of hydrogen-bond acceptors (Lipinski definition) is 4. The largest absolute Gasteiger partial charge is 0.354 e. The highest BCUT2D eigenvalue weighted by molar-refractivity contribution is 7.89. The van der Waals surface area contributed by atoms with Gasteiger partial charge >= 0.3 is 0 Å². The van der Waals surface area contributed by atoms with Crippen LogP contribution in [0.2, 0.25) is 0 Å². The first-order valence-corrected chi connectivity index (χ1v) is 7.55. The van der Waals surface area contributed by atoms with E-state index in [9.17, 15) is 13.2 Å². The second-order valence-electron chi connectivity index (χ2n) is 4.37. The van der Waals surface area contributed by atoms with Crippen LogP contribution in [0.5, 0.6) is 0 Å². The van der Waals surface area contributed by atoms with E-state index in [0.29, 0.717) is 6.04 Å². The number of amides is 1. The molecule has 0 bridgehead atoms. The minimum atomic E-state index is -3.24. The summed E-state index contributed by atoms with van der Waals surface area (Å²) in [6, 6.07) is 0.164. The zero-order valence-electron chi connectivity index (χ0n) is 10.3. The first-order valence-electron chi connectivity index (χ1n) is 5.89. The predicted molar refractivity (Wildman–Crippen MR) is 66.1 cm³/mol. The number of sulfonamides is 1. The Bertz CT molecular complexity index is 356. The number of rotatable bonds is 5. The third kappa shape index (κ3) is 5.01. The van der Waals surface area contributed by atoms with Crippen molar-refractivity contribution >= 4 is 15.9 Å². The SMILES string of the molecule is CNS(=O)(=O)CCNC(=O)C1CCCC(C)N1. The van der Waals surface area contributed by atoms with Gasteiger partial charge in [0.05, 0.1) is 11.8 Å². The van der Waals surface area contributed by atoms with Gasteiger partial charge in [-0.15, -0.1) is 0 Å². The summed E-state index contributed by atoms with van der Waals surface area (Å²) in [5.41, 5.74) is 0. The van der Waals surface area contributed by atoms with Gasteiger partial charge in [-0.2, -0.15) is 0 Å². The van der Waals surface area contributed by atoms with Crippen LogP contribution in [0.4, 0.5) is 0 Å². The van der Waals surface area contributed by atoms with Crippen LogP contribution in [0, 0.1) is 0 Å². The molecule has 0 saturated carbocycles. The van der Waals surface area contributed by atoms with Crippen molar-refractivity contribution < 1.29 is 13.2 Å². The van der Waals surface area contributed by atoms with Gasteiger partial charge in [0, 0.05) is 12.6 Å². The van der Waals surface area contributed by atoms with Gasteiger partial charge in [-0.3, -0.25) is 4.79 Å². The maximum atomic E-state index is 11.7. The van der Waals surface area contributed by atoms with Gasteiger partial charge in [-0.1, -0.05) is 0 Å². The maximum absolute atomic E-state index is 11.7. The smallest absolute Gasteiger partial charge is 0.237 e. The van der Waals surface area contributed by atoms with E-state index in [1.54, 1.807) is 0 Å². The van der Waals surface area contributed by atoms with Gasteiger partial charge in [-0.05, 0) is 33.2 Å². The molecule has 6 nitrogen and oxygen atoms in total. The quantitative estimate of drug-likeness (QED) is 0.605. The highest BCUT2D eigenvalue weighted by Crippen LogP contribution is 2.11. The van der Waals surface area contributed by atoms with Crippen molar-refractivity contribution in [2.45, 2.75) is 38.3 Å². The Kier molecular flexibility index (Phi) is 5.35. The highest BCUT2D eigenvalue weighted by Gasteiger charge is 2.23. The molecule has 2 unspecified atom stereocenters. The van der Waals surface area contributed by atoms with E-state index in [4.69, 9.17) is 0 Å². The van der Waals surface area contributed by atoms with Gasteiger partial charge < -0.3 is 10.6 Å². The molecule has 1 saturated heterocycles. The molecule has 1 aliphatic heterocycles. The summed E-state index contributed by atoms with van der Waals surface area (Å²) >= 11 is 0. The monoisotopic (exact) mass is 263 g/mol. The lowest BCUT2D eigenvalue weighted by atomic mass is 9.99. The Morgan fingerprint density at radius 1 is 1.41 bits per heavy atom. The first kappa shape index (κ1) is 14.4. The molecule has 1 fully saturated rings. The standard InChI is InChI=1S/C10H21N3O3S/c1-8-4-3-5-9(13-8)10(14)12-6-7-17(15,16)11-2/h8-9,11,13H,3-7H2,1-2H3,(H,12,14). The van der Waals surface area contributed by atoms with Crippen LogP contribution in [0.15, 0.2) is 0 Å². The minimum absolute atomic E-state index is 0.0858. The Morgan fingerprint density at radius 2 is 2.12 bits per heavy atom. The second-order valence-corrected chi connectivity index (χ2v) is 6.41. The molecule has 100 valence electrons. The lowest BCUT2D eigenvalue weighted by molar-refractivity contribution is -0.123. The minimum Gasteiger partial charge on any atom is -0.354 e. The van der Waals surface area contributed by atoms with Crippen LogP contribution in [-0.2, 0) is 14.8 Å². The Labute approximate surface area is 103 Å². The molecule has 0 radical (unpaired) electrons. The van der Waals surface area contributed by atoms with Gasteiger partial charge in [0.1, 0.15) is 0 Å². The molecule has 1 aliphatic rings. The van der Waals surface area contributed by atoms with E-state index in [0.717, 1.165) is 19.3 Å². The van der Waals surface area contributed by atoms with Crippen molar-refractivity contribution in [2.75, 3.05) is 19.3 Å². The zero-order chi connectivity index (χ0) is 12.9. The van der Waals surface area contributed by atoms with Crippen molar-refractivity contribution in [2.24, 2.45) is 0 Å². The normalized spacial score (nSPS) is 25.5. The summed E-state index contributed by atoms with van der Waals surface area (Å²) < 4.78 is 24.5. The predicted octanol–water partition coefficient (Wildman–Crippen LogP) is -0.818. The molecule has 1 heterocycles. The second kappa shape index (κ2) is 6.32. The summed E-state index contributed by atoms with van der Waals surface area (Å²) in [4.78, 5) is 11.7. The van der Waals surface area contributed by atoms with E-state index in [-0.39, 0.29) is 24.2 Å². The first-order chi connectivity index (χ1) is 7.94. The zero-order valence-corrected chi connectivity index (χ0v) is 11.1. The van der Waals surface area contributed by atoms with Crippen molar-refractivity contribution in [3.63, 3.8) is 0 Å². The number of carbonyl (C=O) groups excluding carboxylic acids is 1. The van der Waals surface area contributed by atoms with Crippen LogP contribution in [-0.4, -0.2) is 45.8 Å². The third-order valence-electron chi connectivity index (χ3n) is 2.91. The van der Waals surface area contributed by atoms with E-state index in [1.165, 1.54) is 7.05 Å². The van der Waals surface area contributed by atoms with Crippen LogP contribution in [0.3, 0.4) is 0 Å². The molecule has 7 heteroatoms. The molecule has 0 spiro atoms. The van der Waals surface area contributed by atoms with E-state index in [1.807, 2.05) is 6.92 Å². The number of piperidine rings is 1. The van der Waals surface area contributed by atoms with Gasteiger partial charge in [0.2, 0.25) is 15.9 Å². The molecule has 0 aliphatic carbocycles. The summed E-state index contributed by atoms with van der Waals surface area (Å²) in [6.45, 7) is 2.19. The van der Waals surface area contributed by atoms with Crippen molar-refractivity contribution in [1.29, 1.82) is 0 Å². The van der Waals surface area contributed by atoms with Crippen molar-refractivity contribution in [3.8, 4) is 0 Å². The van der Waals surface area contributed by atoms with E-state index < -0.39 is 10.0 Å². The summed E-state index contributed by atoms with van der Waals surface area (Å²) in [5.74, 6) is -0.194. The fourth-order valence-electron chi connectivity index (χ4n) is 1.88. The molecule has 1 rings (SSSR count). The summed E-state index contributed by atoms with van der Waals surface area (Å²) in [6.07, 6.45) is 2.92. The molecule has 0 aromatic heterocycles. The molecular weight excluding hydrogens is 242 g/mol. The Hall–Kier alpha value is -0.660. The fraction of sp³-hybridized carbons (Fsp3) is 0.900. The molecular formula is C10H21N3O3S. The van der Waals surface area contributed by atoms with Gasteiger partial charge in [-0.25, -0.2) is 13.1 Å². The summed E-state index contributed by atoms with van der Waals surface area (Å²) in [7, 11) is -1.88. The van der Waals surface area contributed by atoms with Gasteiger partial charge in [0.25, 0.3) is 0 Å². The third-order valence-corrected chi connectivity index (χ3v) is 4.28. The molecule has 17 heavy (non-hydrogen) atoms. The molecule has 1 amide bonds. The van der Waals surface area contributed by atoms with E-state index in [2.05, 4.69) is 15.4 Å². The molecule has 2 atom stereocenters. The topological polar surface area (TPSA) is 87.3 Å². The fourth-order valence-corrected chi connectivity index (χ4v) is 2.45. The lowest BCUT2D eigenvalue weighted by Crippen LogP contribution is -2.50. The molecule has 0 aromatic rings. The maximum Gasteiger partial charge on any atom is 0.237 e. The Balaban J connectivity index is 2.30. The van der Waals surface area contributed by atoms with Crippen molar-refractivity contribution in [3.05, 3.63) is 0 Å². The average Bonchev–Trinajstić information content (AvgIpc) is 2.28. The highest BCUT2D eigenvalue weighted by atomic mass is 32.2. The lowest BCUT2D eigenvalue weighted by Gasteiger charge is -2.27. The van der Waals surface area contributed by atoms with E-state index >= 15 is 0 Å². The average molecular weight is 263 g/mol. The number of hydrogen-bond donors (Lipinski definition) is 3. The van der Waals surface area contributed by atoms with Crippen LogP contribution in [0.25, 0.3) is 0 Å². The number of carbonyl (C=O) groups is 1. The van der Waals surface area contributed by atoms with Crippen molar-refractivity contribution in [1.82, 2.24) is 15.4 Å². The van der Waals surface area contributed by atoms with Crippen LogP contribution >= 0.6 is 0 Å². The van der Waals surface area contributed by atoms with Crippen LogP contribution in [0.1, 0.15) is 26.2 Å². The van der Waals surface area contributed by atoms with Crippen LogP contribution < -0.4 is 15.4 Å². The van der Waals surface area contributed by atoms with Gasteiger partial charge in [0.15, 0.2) is 0 Å².